The van der Waals surface area contributed by atoms with Crippen molar-refractivity contribution in [2.75, 3.05) is 0 Å². The highest BCUT2D eigenvalue weighted by Gasteiger charge is 2.25. The molecule has 26 heavy (non-hydrogen) atoms. The zero-order chi connectivity index (χ0) is 18.3. The van der Waals surface area contributed by atoms with Crippen LogP contribution in [0, 0.1) is 23.3 Å². The van der Waals surface area contributed by atoms with Crippen LogP contribution in [0.15, 0.2) is 60.7 Å². The van der Waals surface area contributed by atoms with E-state index in [9.17, 15) is 17.6 Å². The van der Waals surface area contributed by atoms with Gasteiger partial charge in [0.05, 0.1) is 11.4 Å². The van der Waals surface area contributed by atoms with Gasteiger partial charge in [-0.1, -0.05) is 60.7 Å². The van der Waals surface area contributed by atoms with E-state index in [4.69, 9.17) is 0 Å². The lowest BCUT2D eigenvalue weighted by atomic mass is 10.0. The summed E-state index contributed by atoms with van der Waals surface area (Å²) in [6.07, 6.45) is 0. The van der Waals surface area contributed by atoms with Crippen LogP contribution in [0.4, 0.5) is 17.6 Å². The fourth-order valence-corrected chi connectivity index (χ4v) is 2.74. The van der Waals surface area contributed by atoms with Gasteiger partial charge in [0.15, 0.2) is 23.3 Å². The minimum atomic E-state index is -1.91. The molecular weight excluding hydrogens is 344 g/mol. The lowest BCUT2D eigenvalue weighted by Gasteiger charge is -2.12. The van der Waals surface area contributed by atoms with Crippen LogP contribution in [-0.4, -0.2) is 9.97 Å². The molecule has 3 aromatic carbocycles. The Bertz CT molecular complexity index is 1020. The molecule has 4 aromatic rings. The first-order chi connectivity index (χ1) is 12.6. The molecule has 1 heterocycles. The highest BCUT2D eigenvalue weighted by molar-refractivity contribution is 5.86. The van der Waals surface area contributed by atoms with Gasteiger partial charge in [-0.15, -0.1) is 0 Å². The minimum absolute atomic E-state index is 0.244. The molecular formula is C20H10F4N2. The predicted molar refractivity (Wildman–Crippen MR) is 90.2 cm³/mol. The molecule has 0 bridgehead atoms. The highest BCUT2D eigenvalue weighted by Crippen LogP contribution is 2.33. The Labute approximate surface area is 145 Å². The Kier molecular flexibility index (Phi) is 3.88. The summed E-state index contributed by atoms with van der Waals surface area (Å²) in [5, 5.41) is 0. The van der Waals surface area contributed by atoms with E-state index in [-0.39, 0.29) is 11.4 Å². The van der Waals surface area contributed by atoms with Gasteiger partial charge in [-0.05, 0) is 0 Å². The number of nitrogens with zero attached hydrogens (tertiary/aromatic N) is 2. The second-order valence-electron chi connectivity index (χ2n) is 5.61. The maximum absolute atomic E-state index is 14.2. The van der Waals surface area contributed by atoms with E-state index in [0.29, 0.717) is 11.1 Å². The number of fused-ring (bicyclic) bond motifs is 1. The van der Waals surface area contributed by atoms with E-state index in [0.717, 1.165) is 0 Å². The largest absolute Gasteiger partial charge is 0.241 e. The van der Waals surface area contributed by atoms with E-state index in [1.54, 1.807) is 60.7 Å². The number of benzene rings is 3. The van der Waals surface area contributed by atoms with Crippen LogP contribution < -0.4 is 0 Å². The van der Waals surface area contributed by atoms with Gasteiger partial charge in [0, 0.05) is 11.1 Å². The predicted octanol–water partition coefficient (Wildman–Crippen LogP) is 5.52. The zero-order valence-electron chi connectivity index (χ0n) is 13.2. The standard InChI is InChI=1S/C20H10F4N2/c21-13-14(22)16(24)20-19(15(13)23)25-17(11-7-3-1-4-8-11)18(26-20)12-9-5-2-6-10-12/h1-10H. The van der Waals surface area contributed by atoms with Crippen LogP contribution >= 0.6 is 0 Å². The molecule has 0 aliphatic rings. The first-order valence-corrected chi connectivity index (χ1v) is 7.72. The Hall–Kier alpha value is -3.28. The second-order valence-corrected chi connectivity index (χ2v) is 5.61. The summed E-state index contributed by atoms with van der Waals surface area (Å²) in [5.41, 5.74) is 0.359. The summed E-state index contributed by atoms with van der Waals surface area (Å²) in [6, 6.07) is 17.4. The maximum Gasteiger partial charge on any atom is 0.199 e. The molecule has 0 atom stereocenters. The van der Waals surface area contributed by atoms with Crippen molar-refractivity contribution in [3.05, 3.63) is 83.9 Å². The summed E-state index contributed by atoms with van der Waals surface area (Å²) in [6.45, 7) is 0. The Morgan fingerprint density at radius 2 is 0.808 bits per heavy atom. The quantitative estimate of drug-likeness (QED) is 0.269. The first kappa shape index (κ1) is 16.2. The van der Waals surface area contributed by atoms with Crippen LogP contribution in [0.3, 0.4) is 0 Å². The van der Waals surface area contributed by atoms with Gasteiger partial charge in [-0.2, -0.15) is 0 Å². The van der Waals surface area contributed by atoms with Gasteiger partial charge < -0.3 is 0 Å². The van der Waals surface area contributed by atoms with Crippen molar-refractivity contribution in [1.29, 1.82) is 0 Å². The fraction of sp³-hybridized carbons (Fsp3) is 0. The average molecular weight is 354 g/mol. The van der Waals surface area contributed by atoms with Crippen molar-refractivity contribution < 1.29 is 17.6 Å². The molecule has 0 saturated heterocycles. The van der Waals surface area contributed by atoms with Gasteiger partial charge in [0.1, 0.15) is 11.0 Å². The molecule has 4 rings (SSSR count). The van der Waals surface area contributed by atoms with Crippen LogP contribution in [0.1, 0.15) is 0 Å². The van der Waals surface area contributed by atoms with Gasteiger partial charge in [-0.3, -0.25) is 0 Å². The Balaban J connectivity index is 2.14. The van der Waals surface area contributed by atoms with Crippen molar-refractivity contribution >= 4 is 11.0 Å². The number of hydrogen-bond donors (Lipinski definition) is 0. The lowest BCUT2D eigenvalue weighted by molar-refractivity contribution is 0.416. The van der Waals surface area contributed by atoms with E-state index in [1.165, 1.54) is 0 Å². The number of hydrogen-bond acceptors (Lipinski definition) is 2. The third-order valence-electron chi connectivity index (χ3n) is 3.98. The molecule has 0 saturated carbocycles. The van der Waals surface area contributed by atoms with Crippen molar-refractivity contribution in [2.24, 2.45) is 0 Å². The van der Waals surface area contributed by atoms with Gasteiger partial charge in [0.2, 0.25) is 0 Å². The topological polar surface area (TPSA) is 25.8 Å². The Morgan fingerprint density at radius 3 is 1.15 bits per heavy atom. The van der Waals surface area contributed by atoms with Crippen molar-refractivity contribution in [3.8, 4) is 22.5 Å². The molecule has 0 N–H and O–H groups in total. The SMILES string of the molecule is Fc1c(F)c(F)c2nc(-c3ccccc3)c(-c3ccccc3)nc2c1F. The monoisotopic (exact) mass is 354 g/mol. The first-order valence-electron chi connectivity index (χ1n) is 7.72. The third kappa shape index (κ3) is 2.50. The van der Waals surface area contributed by atoms with Crippen LogP contribution in [0.2, 0.25) is 0 Å². The van der Waals surface area contributed by atoms with Gasteiger partial charge >= 0.3 is 0 Å². The smallest absolute Gasteiger partial charge is 0.199 e. The van der Waals surface area contributed by atoms with E-state index >= 15 is 0 Å². The molecule has 0 aliphatic heterocycles. The number of aromatic nitrogens is 2. The second kappa shape index (κ2) is 6.22. The molecule has 0 fully saturated rings. The maximum atomic E-state index is 14.2. The summed E-state index contributed by atoms with van der Waals surface area (Å²) in [7, 11) is 0. The van der Waals surface area contributed by atoms with Crippen molar-refractivity contribution in [1.82, 2.24) is 9.97 Å². The van der Waals surface area contributed by atoms with Crippen molar-refractivity contribution in [3.63, 3.8) is 0 Å². The minimum Gasteiger partial charge on any atom is -0.241 e. The highest BCUT2D eigenvalue weighted by atomic mass is 19.2. The number of halogens is 4. The van der Waals surface area contributed by atoms with Gasteiger partial charge in [-0.25, -0.2) is 27.5 Å². The van der Waals surface area contributed by atoms with Crippen LogP contribution in [-0.2, 0) is 0 Å². The summed E-state index contributed by atoms with van der Waals surface area (Å²) in [4.78, 5) is 8.20. The Morgan fingerprint density at radius 1 is 0.462 bits per heavy atom. The normalized spacial score (nSPS) is 11.1. The molecule has 0 aliphatic carbocycles. The van der Waals surface area contributed by atoms with Crippen LogP contribution in [0.5, 0.6) is 0 Å². The van der Waals surface area contributed by atoms with E-state index in [2.05, 4.69) is 9.97 Å². The van der Waals surface area contributed by atoms with E-state index in [1.807, 2.05) is 0 Å². The molecule has 1 aromatic heterocycles. The molecule has 0 spiro atoms. The van der Waals surface area contributed by atoms with E-state index < -0.39 is 34.3 Å². The summed E-state index contributed by atoms with van der Waals surface area (Å²) in [5.74, 6) is -6.95. The number of rotatable bonds is 2. The lowest BCUT2D eigenvalue weighted by Crippen LogP contribution is -2.04. The summed E-state index contributed by atoms with van der Waals surface area (Å²) >= 11 is 0. The molecule has 0 unspecified atom stereocenters. The molecule has 6 heteroatoms. The summed E-state index contributed by atoms with van der Waals surface area (Å²) < 4.78 is 55.6. The fourth-order valence-electron chi connectivity index (χ4n) is 2.74. The van der Waals surface area contributed by atoms with Crippen molar-refractivity contribution in [2.45, 2.75) is 0 Å². The zero-order valence-corrected chi connectivity index (χ0v) is 13.2. The molecule has 2 nitrogen and oxygen atoms in total. The molecule has 128 valence electrons. The third-order valence-corrected chi connectivity index (χ3v) is 3.98. The van der Waals surface area contributed by atoms with Crippen LogP contribution in [0.25, 0.3) is 33.5 Å². The molecule has 0 radical (unpaired) electrons. The average Bonchev–Trinajstić information content (AvgIpc) is 2.71. The van der Waals surface area contributed by atoms with Gasteiger partial charge in [0.25, 0.3) is 0 Å². The molecule has 0 amide bonds.